The summed E-state index contributed by atoms with van der Waals surface area (Å²) in [5.41, 5.74) is 7.07. The number of rotatable bonds is 4. The fourth-order valence-corrected chi connectivity index (χ4v) is 3.16. The molecule has 0 saturated heterocycles. The smallest absolute Gasteiger partial charge is 0.198 e. The van der Waals surface area contributed by atoms with Crippen LogP contribution in [-0.4, -0.2) is 0 Å². The van der Waals surface area contributed by atoms with E-state index in [4.69, 9.17) is 0 Å². The fraction of sp³-hybridized carbons (Fsp3) is 0.450. The van der Waals surface area contributed by atoms with Gasteiger partial charge in [0.15, 0.2) is 5.69 Å². The van der Waals surface area contributed by atoms with Gasteiger partial charge >= 0.3 is 0 Å². The van der Waals surface area contributed by atoms with Crippen molar-refractivity contribution in [3.05, 3.63) is 53.2 Å². The first kappa shape index (κ1) is 15.8. The highest BCUT2D eigenvalue weighted by atomic mass is 14.9. The van der Waals surface area contributed by atoms with E-state index in [0.29, 0.717) is 0 Å². The summed E-state index contributed by atoms with van der Waals surface area (Å²) in [6.07, 6.45) is 2.35. The number of hydrogen-bond acceptors (Lipinski definition) is 0. The third-order valence-electron chi connectivity index (χ3n) is 5.29. The van der Waals surface area contributed by atoms with Gasteiger partial charge in [0.05, 0.1) is 0 Å². The molecule has 2 rings (SSSR count). The van der Waals surface area contributed by atoms with Gasteiger partial charge in [0.25, 0.3) is 0 Å². The van der Waals surface area contributed by atoms with Crippen molar-refractivity contribution < 1.29 is 4.57 Å². The summed E-state index contributed by atoms with van der Waals surface area (Å²) in [6, 6.07) is 13.2. The van der Waals surface area contributed by atoms with Crippen molar-refractivity contribution in [3.63, 3.8) is 0 Å². The first-order chi connectivity index (χ1) is 9.94. The lowest BCUT2D eigenvalue weighted by atomic mass is 9.77. The van der Waals surface area contributed by atoms with Crippen molar-refractivity contribution in [2.75, 3.05) is 0 Å². The zero-order valence-corrected chi connectivity index (χ0v) is 14.3. The Morgan fingerprint density at radius 1 is 0.952 bits per heavy atom. The van der Waals surface area contributed by atoms with E-state index in [1.165, 1.54) is 40.9 Å². The Morgan fingerprint density at radius 2 is 1.57 bits per heavy atom. The van der Waals surface area contributed by atoms with E-state index >= 15 is 0 Å². The number of pyridine rings is 1. The monoisotopic (exact) mass is 282 g/mol. The Balaban J connectivity index is 2.61. The van der Waals surface area contributed by atoms with Crippen molar-refractivity contribution in [2.45, 2.75) is 52.9 Å². The summed E-state index contributed by atoms with van der Waals surface area (Å²) in [5, 5.41) is 0. The zero-order chi connectivity index (χ0) is 15.6. The molecular weight excluding hydrogens is 254 g/mol. The molecule has 0 saturated carbocycles. The summed E-state index contributed by atoms with van der Waals surface area (Å²) in [7, 11) is 2.19. The molecule has 0 unspecified atom stereocenters. The van der Waals surface area contributed by atoms with Crippen LogP contribution < -0.4 is 4.57 Å². The van der Waals surface area contributed by atoms with Crippen LogP contribution in [0.4, 0.5) is 0 Å². The maximum Gasteiger partial charge on any atom is 0.212 e. The summed E-state index contributed by atoms with van der Waals surface area (Å²) in [6.45, 7) is 11.4. The molecule has 0 aliphatic heterocycles. The topological polar surface area (TPSA) is 3.88 Å². The second-order valence-corrected chi connectivity index (χ2v) is 6.36. The van der Waals surface area contributed by atoms with Gasteiger partial charge in [-0.1, -0.05) is 39.0 Å². The quantitative estimate of drug-likeness (QED) is 0.704. The minimum Gasteiger partial charge on any atom is -0.198 e. The normalized spacial score (nSPS) is 11.7. The molecule has 1 aromatic heterocycles. The average molecular weight is 282 g/mol. The van der Waals surface area contributed by atoms with Crippen LogP contribution in [0.1, 0.15) is 50.4 Å². The van der Waals surface area contributed by atoms with Gasteiger partial charge in [-0.15, -0.1) is 0 Å². The van der Waals surface area contributed by atoms with Crippen LogP contribution >= 0.6 is 0 Å². The highest BCUT2D eigenvalue weighted by Crippen LogP contribution is 2.33. The third kappa shape index (κ3) is 2.74. The minimum atomic E-state index is 0.270. The van der Waals surface area contributed by atoms with E-state index in [2.05, 4.69) is 82.6 Å². The largest absolute Gasteiger partial charge is 0.212 e. The molecule has 0 amide bonds. The predicted octanol–water partition coefficient (Wildman–Crippen LogP) is 4.87. The van der Waals surface area contributed by atoms with Crippen molar-refractivity contribution in [2.24, 2.45) is 7.05 Å². The van der Waals surface area contributed by atoms with E-state index in [1.54, 1.807) is 0 Å². The molecule has 0 N–H and O–H groups in total. The van der Waals surface area contributed by atoms with Crippen LogP contribution in [0, 0.1) is 13.8 Å². The lowest BCUT2D eigenvalue weighted by Crippen LogP contribution is -2.38. The number of aromatic nitrogens is 1. The summed E-state index contributed by atoms with van der Waals surface area (Å²) in [5.74, 6) is 0. The molecule has 0 spiro atoms. The highest BCUT2D eigenvalue weighted by Gasteiger charge is 2.29. The molecule has 1 nitrogen and oxygen atoms in total. The van der Waals surface area contributed by atoms with Gasteiger partial charge in [-0.3, -0.25) is 0 Å². The first-order valence-electron chi connectivity index (χ1n) is 8.00. The molecule has 2 aromatic rings. The van der Waals surface area contributed by atoms with Crippen LogP contribution in [0.2, 0.25) is 0 Å². The van der Waals surface area contributed by atoms with Crippen LogP contribution in [0.3, 0.4) is 0 Å². The zero-order valence-electron chi connectivity index (χ0n) is 14.3. The lowest BCUT2D eigenvalue weighted by molar-refractivity contribution is -0.667. The van der Waals surface area contributed by atoms with Gasteiger partial charge in [-0.05, 0) is 42.9 Å². The number of aryl methyl sites for hydroxylation is 1. The molecule has 112 valence electrons. The van der Waals surface area contributed by atoms with Crippen LogP contribution in [-0.2, 0) is 12.5 Å². The van der Waals surface area contributed by atoms with Crippen LogP contribution in [0.15, 0.2) is 36.4 Å². The lowest BCUT2D eigenvalue weighted by Gasteiger charge is -2.27. The van der Waals surface area contributed by atoms with E-state index in [-0.39, 0.29) is 5.41 Å². The number of benzene rings is 1. The van der Waals surface area contributed by atoms with Gasteiger partial charge in [0.2, 0.25) is 5.69 Å². The first-order valence-corrected chi connectivity index (χ1v) is 8.00. The molecular formula is C20H28N+. The van der Waals surface area contributed by atoms with Gasteiger partial charge in [0.1, 0.15) is 7.05 Å². The fourth-order valence-electron chi connectivity index (χ4n) is 3.16. The molecule has 1 aromatic carbocycles. The van der Waals surface area contributed by atoms with Gasteiger partial charge in [0, 0.05) is 24.1 Å². The molecule has 0 aliphatic rings. The maximum atomic E-state index is 2.38. The van der Waals surface area contributed by atoms with Crippen LogP contribution in [0.5, 0.6) is 0 Å². The highest BCUT2D eigenvalue weighted by molar-refractivity contribution is 5.61. The summed E-state index contributed by atoms with van der Waals surface area (Å²) >= 11 is 0. The van der Waals surface area contributed by atoms with Gasteiger partial charge in [-0.25, -0.2) is 0 Å². The van der Waals surface area contributed by atoms with Crippen molar-refractivity contribution in [1.82, 2.24) is 0 Å². The Kier molecular flexibility index (Phi) is 4.51. The minimum absolute atomic E-state index is 0.270. The Labute approximate surface area is 129 Å². The average Bonchev–Trinajstić information content (AvgIpc) is 2.50. The Bertz CT molecular complexity index is 636. The second kappa shape index (κ2) is 6.01. The maximum absolute atomic E-state index is 2.38. The Hall–Kier alpha value is -1.63. The molecule has 0 bridgehead atoms. The molecule has 1 heterocycles. The summed E-state index contributed by atoms with van der Waals surface area (Å²) in [4.78, 5) is 0. The Morgan fingerprint density at radius 3 is 2.14 bits per heavy atom. The molecule has 21 heavy (non-hydrogen) atoms. The van der Waals surface area contributed by atoms with Gasteiger partial charge in [-0.2, -0.15) is 4.57 Å². The van der Waals surface area contributed by atoms with Crippen LogP contribution in [0.25, 0.3) is 11.3 Å². The van der Waals surface area contributed by atoms with E-state index in [0.717, 1.165) is 0 Å². The SMILES string of the molecule is CCC(C)(CC)c1ccc(-c2ccccc2C)[n+](C)c1C. The molecule has 0 atom stereocenters. The second-order valence-electron chi connectivity index (χ2n) is 6.36. The number of hydrogen-bond donors (Lipinski definition) is 0. The predicted molar refractivity (Wildman–Crippen MR) is 90.5 cm³/mol. The van der Waals surface area contributed by atoms with Gasteiger partial charge < -0.3 is 0 Å². The van der Waals surface area contributed by atoms with E-state index in [1.807, 2.05) is 0 Å². The molecule has 1 heteroatoms. The van der Waals surface area contributed by atoms with E-state index in [9.17, 15) is 0 Å². The van der Waals surface area contributed by atoms with Crippen molar-refractivity contribution >= 4 is 0 Å². The standard InChI is InChI=1S/C20H28N/c1-7-20(5,8-2)18-13-14-19(21(6)16(18)4)17-12-10-9-11-15(17)3/h9-14H,7-8H2,1-6H3/q+1. The third-order valence-corrected chi connectivity index (χ3v) is 5.29. The molecule has 0 fully saturated rings. The molecule has 0 radical (unpaired) electrons. The number of nitrogens with zero attached hydrogens (tertiary/aromatic N) is 1. The van der Waals surface area contributed by atoms with Crippen molar-refractivity contribution in [1.29, 1.82) is 0 Å². The molecule has 0 aliphatic carbocycles. The van der Waals surface area contributed by atoms with Crippen molar-refractivity contribution in [3.8, 4) is 11.3 Å². The summed E-state index contributed by atoms with van der Waals surface area (Å²) < 4.78 is 2.35. The van der Waals surface area contributed by atoms with E-state index < -0.39 is 0 Å².